The van der Waals surface area contributed by atoms with Crippen LogP contribution in [0.4, 0.5) is 4.39 Å². The Morgan fingerprint density at radius 3 is 2.34 bits per heavy atom. The summed E-state index contributed by atoms with van der Waals surface area (Å²) < 4.78 is 14.0. The minimum Gasteiger partial charge on any atom is -0.297 e. The van der Waals surface area contributed by atoms with Gasteiger partial charge in [-0.2, -0.15) is 5.10 Å². The molecule has 0 bridgehead atoms. The van der Waals surface area contributed by atoms with Crippen LogP contribution in [0.1, 0.15) is 34.7 Å². The molecule has 2 heterocycles. The smallest absolute Gasteiger partial charge is 0.257 e. The van der Waals surface area contributed by atoms with E-state index in [1.54, 1.807) is 11.1 Å². The lowest BCUT2D eigenvalue weighted by Gasteiger charge is -2.35. The Labute approximate surface area is 206 Å². The van der Waals surface area contributed by atoms with Gasteiger partial charge in [0.05, 0.1) is 18.3 Å². The zero-order valence-electron chi connectivity index (χ0n) is 20.1. The molecule has 0 aromatic heterocycles. The lowest BCUT2D eigenvalue weighted by molar-refractivity contribution is -0.134. The number of hydrogen-bond donors (Lipinski definition) is 0. The quantitative estimate of drug-likeness (QED) is 0.527. The van der Waals surface area contributed by atoms with Gasteiger partial charge in [-0.1, -0.05) is 72.3 Å². The van der Waals surface area contributed by atoms with Crippen molar-refractivity contribution < 1.29 is 9.18 Å². The average molecular weight is 471 g/mol. The van der Waals surface area contributed by atoms with Crippen LogP contribution in [0.25, 0.3) is 0 Å². The molecule has 0 saturated carbocycles. The van der Waals surface area contributed by atoms with Gasteiger partial charge in [0.25, 0.3) is 5.91 Å². The number of amides is 1. The first-order chi connectivity index (χ1) is 17.0. The predicted octanol–water partition coefficient (Wildman–Crippen LogP) is 4.63. The van der Waals surface area contributed by atoms with Crippen LogP contribution in [0.2, 0.25) is 0 Å². The van der Waals surface area contributed by atoms with E-state index in [0.29, 0.717) is 13.0 Å². The first kappa shape index (κ1) is 23.4. The number of carbonyl (C=O) groups is 1. The molecule has 1 atom stereocenters. The van der Waals surface area contributed by atoms with Crippen LogP contribution in [-0.2, 0) is 11.3 Å². The summed E-state index contributed by atoms with van der Waals surface area (Å²) in [7, 11) is 0. The largest absolute Gasteiger partial charge is 0.297 e. The lowest BCUT2D eigenvalue weighted by atomic mass is 9.98. The standard InChI is InChI=1S/C29H31FN4O/c1-22-10-12-24(13-11-22)27-19-28(25-8-5-9-26(30)18-25)34(31-27)29(35)21-33-16-14-32(15-17-33)20-23-6-3-2-4-7-23/h2-13,18,28H,14-17,19-21H2,1H3. The topological polar surface area (TPSA) is 39.2 Å². The van der Waals surface area contributed by atoms with Crippen molar-refractivity contribution in [3.8, 4) is 0 Å². The van der Waals surface area contributed by atoms with Gasteiger partial charge in [0, 0.05) is 39.1 Å². The summed E-state index contributed by atoms with van der Waals surface area (Å²) >= 11 is 0. The van der Waals surface area contributed by atoms with Gasteiger partial charge in [0.2, 0.25) is 0 Å². The number of hydrazone groups is 1. The molecule has 2 aliphatic heterocycles. The summed E-state index contributed by atoms with van der Waals surface area (Å²) in [5.41, 5.74) is 5.12. The second kappa shape index (κ2) is 10.5. The maximum Gasteiger partial charge on any atom is 0.257 e. The molecule has 5 rings (SSSR count). The maximum absolute atomic E-state index is 14.0. The van der Waals surface area contributed by atoms with Crippen molar-refractivity contribution in [2.75, 3.05) is 32.7 Å². The van der Waals surface area contributed by atoms with Crippen molar-refractivity contribution in [2.45, 2.75) is 25.9 Å². The van der Waals surface area contributed by atoms with Crippen molar-refractivity contribution in [3.63, 3.8) is 0 Å². The molecule has 1 fully saturated rings. The first-order valence-corrected chi connectivity index (χ1v) is 12.3. The van der Waals surface area contributed by atoms with Crippen LogP contribution in [-0.4, -0.2) is 59.2 Å². The summed E-state index contributed by atoms with van der Waals surface area (Å²) in [5.74, 6) is -0.342. The van der Waals surface area contributed by atoms with Gasteiger partial charge in [-0.25, -0.2) is 9.40 Å². The van der Waals surface area contributed by atoms with E-state index < -0.39 is 0 Å². The normalized spacial score (nSPS) is 19.1. The Kier molecular flexibility index (Phi) is 7.02. The Bertz CT molecular complexity index is 1190. The van der Waals surface area contributed by atoms with Crippen LogP contribution in [0.15, 0.2) is 84.0 Å². The SMILES string of the molecule is Cc1ccc(C2=NN(C(=O)CN3CCN(Cc4ccccc4)CC3)C(c3cccc(F)c3)C2)cc1. The van der Waals surface area contributed by atoms with Gasteiger partial charge in [0.15, 0.2) is 0 Å². The maximum atomic E-state index is 14.0. The van der Waals surface area contributed by atoms with Crippen molar-refractivity contribution >= 4 is 11.6 Å². The summed E-state index contributed by atoms with van der Waals surface area (Å²) in [6, 6.07) is 24.9. The van der Waals surface area contributed by atoms with E-state index in [0.717, 1.165) is 49.6 Å². The predicted molar refractivity (Wildman–Crippen MR) is 136 cm³/mol. The summed E-state index contributed by atoms with van der Waals surface area (Å²) in [4.78, 5) is 18.1. The molecular formula is C29H31FN4O. The third-order valence-electron chi connectivity index (χ3n) is 6.86. The number of nitrogens with zero attached hydrogens (tertiary/aromatic N) is 4. The molecule has 35 heavy (non-hydrogen) atoms. The molecule has 0 N–H and O–H groups in total. The number of halogens is 1. The second-order valence-corrected chi connectivity index (χ2v) is 9.46. The summed E-state index contributed by atoms with van der Waals surface area (Å²) in [6.45, 7) is 6.82. The highest BCUT2D eigenvalue weighted by Crippen LogP contribution is 2.33. The van der Waals surface area contributed by atoms with Crippen LogP contribution in [0, 0.1) is 12.7 Å². The number of hydrogen-bond acceptors (Lipinski definition) is 4. The fourth-order valence-corrected chi connectivity index (χ4v) is 4.85. The van der Waals surface area contributed by atoms with E-state index in [4.69, 9.17) is 5.10 Å². The molecule has 3 aromatic carbocycles. The molecule has 6 heteroatoms. The van der Waals surface area contributed by atoms with E-state index in [9.17, 15) is 9.18 Å². The van der Waals surface area contributed by atoms with Crippen molar-refractivity contribution in [1.29, 1.82) is 0 Å². The highest BCUT2D eigenvalue weighted by Gasteiger charge is 2.34. The molecule has 0 aliphatic carbocycles. The van der Waals surface area contributed by atoms with Crippen LogP contribution < -0.4 is 0 Å². The van der Waals surface area contributed by atoms with E-state index >= 15 is 0 Å². The van der Waals surface area contributed by atoms with Gasteiger partial charge in [-0.15, -0.1) is 0 Å². The van der Waals surface area contributed by atoms with Crippen molar-refractivity contribution in [2.24, 2.45) is 5.10 Å². The van der Waals surface area contributed by atoms with E-state index in [2.05, 4.69) is 46.2 Å². The molecule has 1 amide bonds. The molecule has 1 saturated heterocycles. The third-order valence-corrected chi connectivity index (χ3v) is 6.86. The number of carbonyl (C=O) groups excluding carboxylic acids is 1. The Morgan fingerprint density at radius 1 is 0.914 bits per heavy atom. The van der Waals surface area contributed by atoms with Crippen LogP contribution in [0.5, 0.6) is 0 Å². The second-order valence-electron chi connectivity index (χ2n) is 9.46. The van der Waals surface area contributed by atoms with Gasteiger partial charge < -0.3 is 0 Å². The summed E-state index contributed by atoms with van der Waals surface area (Å²) in [5, 5.41) is 6.34. The number of benzene rings is 3. The highest BCUT2D eigenvalue weighted by atomic mass is 19.1. The fraction of sp³-hybridized carbons (Fsp3) is 0.310. The average Bonchev–Trinajstić information content (AvgIpc) is 3.32. The number of piperazine rings is 1. The Balaban J connectivity index is 1.27. The van der Waals surface area contributed by atoms with Crippen molar-refractivity contribution in [1.82, 2.24) is 14.8 Å². The molecular weight excluding hydrogens is 439 g/mol. The van der Waals surface area contributed by atoms with Gasteiger partial charge in [-0.05, 0) is 35.7 Å². The molecule has 2 aliphatic rings. The highest BCUT2D eigenvalue weighted by molar-refractivity contribution is 6.03. The molecule has 180 valence electrons. The molecule has 0 spiro atoms. The van der Waals surface area contributed by atoms with Gasteiger partial charge in [0.1, 0.15) is 5.82 Å². The fourth-order valence-electron chi connectivity index (χ4n) is 4.85. The van der Waals surface area contributed by atoms with Crippen molar-refractivity contribution in [3.05, 3.63) is 107 Å². The third kappa shape index (κ3) is 5.66. The van der Waals surface area contributed by atoms with Crippen LogP contribution in [0.3, 0.4) is 0 Å². The Hall–Kier alpha value is -3.35. The zero-order valence-corrected chi connectivity index (χ0v) is 20.1. The van der Waals surface area contributed by atoms with E-state index in [-0.39, 0.29) is 17.8 Å². The number of aryl methyl sites for hydroxylation is 1. The zero-order chi connectivity index (χ0) is 24.2. The first-order valence-electron chi connectivity index (χ1n) is 12.3. The molecule has 3 aromatic rings. The Morgan fingerprint density at radius 2 is 1.63 bits per heavy atom. The molecule has 1 unspecified atom stereocenters. The summed E-state index contributed by atoms with van der Waals surface area (Å²) in [6.07, 6.45) is 0.573. The van der Waals surface area contributed by atoms with Gasteiger partial charge >= 0.3 is 0 Å². The molecule has 5 nitrogen and oxygen atoms in total. The van der Waals surface area contributed by atoms with E-state index in [1.807, 2.05) is 31.2 Å². The monoisotopic (exact) mass is 470 g/mol. The minimum atomic E-state index is -0.298. The number of rotatable bonds is 6. The van der Waals surface area contributed by atoms with Crippen LogP contribution >= 0.6 is 0 Å². The minimum absolute atomic E-state index is 0.0436. The lowest BCUT2D eigenvalue weighted by Crippen LogP contribution is -2.49. The van der Waals surface area contributed by atoms with E-state index in [1.165, 1.54) is 23.3 Å². The molecule has 0 radical (unpaired) electrons. The van der Waals surface area contributed by atoms with Gasteiger partial charge in [-0.3, -0.25) is 14.6 Å².